The predicted octanol–water partition coefficient (Wildman–Crippen LogP) is 1.45. The number of nitrogens with zero attached hydrogens (tertiary/aromatic N) is 2. The van der Waals surface area contributed by atoms with Gasteiger partial charge in [-0.25, -0.2) is 0 Å². The normalized spacial score (nSPS) is 14.0. The third kappa shape index (κ3) is 5.36. The van der Waals surface area contributed by atoms with Crippen LogP contribution >= 0.6 is 24.0 Å². The Kier molecular flexibility index (Phi) is 7.43. The number of hydrogen-bond acceptors (Lipinski definition) is 3. The van der Waals surface area contributed by atoms with E-state index in [0.29, 0.717) is 36.4 Å². The molecule has 0 spiro atoms. The molecule has 1 saturated carbocycles. The molecule has 122 valence electrons. The Hall–Kier alpha value is -1.51. The molecule has 3 N–H and O–H groups in total. The van der Waals surface area contributed by atoms with Crippen LogP contribution in [-0.4, -0.2) is 50.1 Å². The molecule has 1 amide bonds. The number of carbonyl (C=O) groups is 1. The van der Waals surface area contributed by atoms with Gasteiger partial charge >= 0.3 is 0 Å². The standard InChI is InChI=1S/C15H22N4O2.HI/c1-19(12-6-7-12)15(16)18-9-8-17-14(20)11-4-3-5-13(10-11)21-2;/h3-5,10,12H,6-9H2,1-2H3,(H2,16,18)(H,17,20);1H. The van der Waals surface area contributed by atoms with E-state index in [9.17, 15) is 4.79 Å². The van der Waals surface area contributed by atoms with Crippen LogP contribution in [-0.2, 0) is 0 Å². The molecule has 1 aliphatic rings. The van der Waals surface area contributed by atoms with Gasteiger partial charge in [-0.3, -0.25) is 9.79 Å². The number of carbonyl (C=O) groups excluding carboxylic acids is 1. The summed E-state index contributed by atoms with van der Waals surface area (Å²) in [7, 11) is 3.52. The van der Waals surface area contributed by atoms with E-state index in [2.05, 4.69) is 10.3 Å². The summed E-state index contributed by atoms with van der Waals surface area (Å²) in [5.41, 5.74) is 6.44. The molecule has 0 aliphatic heterocycles. The lowest BCUT2D eigenvalue weighted by molar-refractivity contribution is 0.0954. The largest absolute Gasteiger partial charge is 0.497 e. The molecule has 0 atom stereocenters. The van der Waals surface area contributed by atoms with Crippen LogP contribution in [0, 0.1) is 0 Å². The average molecular weight is 418 g/mol. The highest BCUT2D eigenvalue weighted by Gasteiger charge is 2.27. The number of ether oxygens (including phenoxy) is 1. The van der Waals surface area contributed by atoms with Gasteiger partial charge in [-0.15, -0.1) is 24.0 Å². The molecular formula is C15H23IN4O2. The number of amides is 1. The van der Waals surface area contributed by atoms with Gasteiger partial charge in [0.15, 0.2) is 5.96 Å². The van der Waals surface area contributed by atoms with Gasteiger partial charge in [0.05, 0.1) is 13.7 Å². The number of halogens is 1. The van der Waals surface area contributed by atoms with E-state index in [1.807, 2.05) is 11.9 Å². The molecule has 0 unspecified atom stereocenters. The fourth-order valence-corrected chi connectivity index (χ4v) is 1.97. The van der Waals surface area contributed by atoms with Crippen LogP contribution in [0.15, 0.2) is 29.3 Å². The number of benzene rings is 1. The topological polar surface area (TPSA) is 79.9 Å². The Morgan fingerprint density at radius 1 is 1.50 bits per heavy atom. The first-order valence-electron chi connectivity index (χ1n) is 7.07. The number of aliphatic imine (C=N–C) groups is 1. The lowest BCUT2D eigenvalue weighted by Crippen LogP contribution is -2.36. The Morgan fingerprint density at radius 2 is 2.23 bits per heavy atom. The second-order valence-corrected chi connectivity index (χ2v) is 5.07. The number of hydrogen-bond donors (Lipinski definition) is 2. The highest BCUT2D eigenvalue weighted by molar-refractivity contribution is 14.0. The lowest BCUT2D eigenvalue weighted by atomic mass is 10.2. The fourth-order valence-electron chi connectivity index (χ4n) is 1.97. The second-order valence-electron chi connectivity index (χ2n) is 5.07. The number of nitrogens with one attached hydrogen (secondary N) is 1. The highest BCUT2D eigenvalue weighted by atomic mass is 127. The van der Waals surface area contributed by atoms with E-state index in [1.165, 1.54) is 12.8 Å². The van der Waals surface area contributed by atoms with Crippen LogP contribution in [0.3, 0.4) is 0 Å². The van der Waals surface area contributed by atoms with E-state index in [0.717, 1.165) is 0 Å². The van der Waals surface area contributed by atoms with Crippen LogP contribution < -0.4 is 15.8 Å². The van der Waals surface area contributed by atoms with E-state index < -0.39 is 0 Å². The molecule has 0 radical (unpaired) electrons. The molecule has 0 bridgehead atoms. The monoisotopic (exact) mass is 418 g/mol. The zero-order chi connectivity index (χ0) is 15.2. The van der Waals surface area contributed by atoms with Crippen molar-refractivity contribution in [3.8, 4) is 5.75 Å². The van der Waals surface area contributed by atoms with Gasteiger partial charge in [-0.2, -0.15) is 0 Å². The summed E-state index contributed by atoms with van der Waals surface area (Å²) in [6.45, 7) is 0.924. The summed E-state index contributed by atoms with van der Waals surface area (Å²) < 4.78 is 5.09. The molecule has 6 nitrogen and oxygen atoms in total. The van der Waals surface area contributed by atoms with E-state index in [1.54, 1.807) is 31.4 Å². The summed E-state index contributed by atoms with van der Waals surface area (Å²) in [6, 6.07) is 7.58. The minimum atomic E-state index is -0.141. The molecule has 0 heterocycles. The molecule has 2 rings (SSSR count). The maximum atomic E-state index is 12.0. The van der Waals surface area contributed by atoms with Crippen molar-refractivity contribution < 1.29 is 9.53 Å². The SMILES string of the molecule is COc1cccc(C(=O)NCCN=C(N)N(C)C2CC2)c1.I. The Morgan fingerprint density at radius 3 is 2.86 bits per heavy atom. The summed E-state index contributed by atoms with van der Waals surface area (Å²) in [4.78, 5) is 18.2. The average Bonchev–Trinajstić information content (AvgIpc) is 3.35. The van der Waals surface area contributed by atoms with Crippen LogP contribution in [0.25, 0.3) is 0 Å². The molecule has 0 aromatic heterocycles. The van der Waals surface area contributed by atoms with Gasteiger partial charge in [0, 0.05) is 25.2 Å². The van der Waals surface area contributed by atoms with Crippen molar-refractivity contribution in [1.29, 1.82) is 0 Å². The summed E-state index contributed by atoms with van der Waals surface area (Å²) in [5.74, 6) is 1.06. The minimum absolute atomic E-state index is 0. The Balaban J connectivity index is 0.00000242. The molecular weight excluding hydrogens is 395 g/mol. The summed E-state index contributed by atoms with van der Waals surface area (Å²) in [5, 5.41) is 2.81. The molecule has 1 aliphatic carbocycles. The van der Waals surface area contributed by atoms with Crippen molar-refractivity contribution in [2.24, 2.45) is 10.7 Å². The number of rotatable bonds is 6. The van der Waals surface area contributed by atoms with Gasteiger partial charge in [0.2, 0.25) is 0 Å². The van der Waals surface area contributed by atoms with Gasteiger partial charge in [-0.1, -0.05) is 6.07 Å². The summed E-state index contributed by atoms with van der Waals surface area (Å²) >= 11 is 0. The fraction of sp³-hybridized carbons (Fsp3) is 0.467. The third-order valence-corrected chi connectivity index (χ3v) is 3.46. The van der Waals surface area contributed by atoms with Crippen molar-refractivity contribution in [1.82, 2.24) is 10.2 Å². The van der Waals surface area contributed by atoms with Crippen LogP contribution in [0.1, 0.15) is 23.2 Å². The third-order valence-electron chi connectivity index (χ3n) is 3.46. The maximum absolute atomic E-state index is 12.0. The Labute approximate surface area is 148 Å². The molecule has 1 aromatic carbocycles. The van der Waals surface area contributed by atoms with E-state index >= 15 is 0 Å². The van der Waals surface area contributed by atoms with Crippen molar-refractivity contribution in [2.45, 2.75) is 18.9 Å². The second kappa shape index (κ2) is 8.82. The van der Waals surface area contributed by atoms with Gasteiger partial charge in [-0.05, 0) is 31.0 Å². The molecule has 22 heavy (non-hydrogen) atoms. The maximum Gasteiger partial charge on any atom is 0.251 e. The van der Waals surface area contributed by atoms with Gasteiger partial charge in [0.1, 0.15) is 5.75 Å². The van der Waals surface area contributed by atoms with Crippen molar-refractivity contribution in [3.05, 3.63) is 29.8 Å². The van der Waals surface area contributed by atoms with Gasteiger partial charge < -0.3 is 20.7 Å². The van der Waals surface area contributed by atoms with Crippen molar-refractivity contribution in [2.75, 3.05) is 27.2 Å². The first-order valence-corrected chi connectivity index (χ1v) is 7.07. The van der Waals surface area contributed by atoms with E-state index in [-0.39, 0.29) is 29.9 Å². The zero-order valence-corrected chi connectivity index (χ0v) is 15.2. The smallest absolute Gasteiger partial charge is 0.251 e. The lowest BCUT2D eigenvalue weighted by Gasteiger charge is -2.16. The number of guanidine groups is 1. The predicted molar refractivity (Wildman–Crippen MR) is 98.0 cm³/mol. The van der Waals surface area contributed by atoms with Crippen molar-refractivity contribution >= 4 is 35.8 Å². The van der Waals surface area contributed by atoms with Crippen LogP contribution in [0.2, 0.25) is 0 Å². The minimum Gasteiger partial charge on any atom is -0.497 e. The molecule has 1 aromatic rings. The summed E-state index contributed by atoms with van der Waals surface area (Å²) in [6.07, 6.45) is 2.36. The first-order chi connectivity index (χ1) is 10.1. The molecule has 1 fully saturated rings. The molecule has 7 heteroatoms. The van der Waals surface area contributed by atoms with Crippen LogP contribution in [0.4, 0.5) is 0 Å². The first kappa shape index (κ1) is 18.5. The number of methoxy groups -OCH3 is 1. The van der Waals surface area contributed by atoms with E-state index in [4.69, 9.17) is 10.5 Å². The Bertz CT molecular complexity index is 532. The quantitative estimate of drug-likeness (QED) is 0.317. The molecule has 0 saturated heterocycles. The van der Waals surface area contributed by atoms with Crippen LogP contribution in [0.5, 0.6) is 5.75 Å². The highest BCUT2D eigenvalue weighted by Crippen LogP contribution is 2.24. The zero-order valence-electron chi connectivity index (χ0n) is 12.9. The van der Waals surface area contributed by atoms with Gasteiger partial charge in [0.25, 0.3) is 5.91 Å². The van der Waals surface area contributed by atoms with Crippen molar-refractivity contribution in [3.63, 3.8) is 0 Å². The number of nitrogens with two attached hydrogens (primary N) is 1.